The number of amides is 2. The molecule has 1 fully saturated rings. The molecule has 0 radical (unpaired) electrons. The number of carboxylic acids is 1. The lowest BCUT2D eigenvalue weighted by molar-refractivity contribution is -0.150. The van der Waals surface area contributed by atoms with Crippen LogP contribution in [0.4, 0.5) is 5.13 Å². The van der Waals surface area contributed by atoms with Gasteiger partial charge < -0.3 is 21.0 Å². The lowest BCUT2D eigenvalue weighted by Crippen LogP contribution is -2.71. The molecule has 36 heavy (non-hydrogen) atoms. The van der Waals surface area contributed by atoms with Crippen molar-refractivity contribution in [1.29, 1.82) is 0 Å². The number of carboxylic acid groups (broad SMARTS) is 1. The molecule has 4 rings (SSSR count). The number of β-lactam (4-membered cyclic amide) rings is 1. The highest BCUT2D eigenvalue weighted by molar-refractivity contribution is 8.08. The second-order valence-electron chi connectivity index (χ2n) is 7.52. The Morgan fingerprint density at radius 1 is 1.44 bits per heavy atom. The van der Waals surface area contributed by atoms with E-state index in [2.05, 4.69) is 20.4 Å². The summed E-state index contributed by atoms with van der Waals surface area (Å²) < 4.78 is 0. The minimum atomic E-state index is -1.21. The van der Waals surface area contributed by atoms with E-state index < -0.39 is 29.2 Å². The lowest BCUT2D eigenvalue weighted by Gasteiger charge is -2.49. The van der Waals surface area contributed by atoms with Gasteiger partial charge in [0.15, 0.2) is 10.8 Å². The van der Waals surface area contributed by atoms with Crippen LogP contribution in [0.25, 0.3) is 6.08 Å². The third kappa shape index (κ3) is 5.39. The largest absolute Gasteiger partial charge is 0.477 e. The molecule has 2 amide bonds. The highest BCUT2D eigenvalue weighted by Gasteiger charge is 2.54. The molecule has 2 aliphatic heterocycles. The molecule has 1 unspecified atom stereocenters. The van der Waals surface area contributed by atoms with Gasteiger partial charge in [-0.05, 0) is 37.0 Å². The van der Waals surface area contributed by atoms with Crippen LogP contribution >= 0.6 is 34.9 Å². The van der Waals surface area contributed by atoms with Crippen molar-refractivity contribution in [3.63, 3.8) is 0 Å². The molecule has 14 heteroatoms. The van der Waals surface area contributed by atoms with E-state index >= 15 is 0 Å². The number of oxime groups is 1. The van der Waals surface area contributed by atoms with Gasteiger partial charge in [0, 0.05) is 27.9 Å². The molecular formula is C22H22N6O5S3. The first-order valence-electron chi connectivity index (χ1n) is 10.7. The predicted octanol–water partition coefficient (Wildman–Crippen LogP) is 2.27. The topological polar surface area (TPSA) is 160 Å². The van der Waals surface area contributed by atoms with Gasteiger partial charge >= 0.3 is 5.97 Å². The molecule has 11 nitrogen and oxygen atoms in total. The number of aryl methyl sites for hydroxylation is 1. The smallest absolute Gasteiger partial charge is 0.353 e. The summed E-state index contributed by atoms with van der Waals surface area (Å²) in [5, 5.41) is 19.3. The quantitative estimate of drug-likeness (QED) is 0.242. The van der Waals surface area contributed by atoms with Crippen molar-refractivity contribution in [1.82, 2.24) is 20.2 Å². The molecule has 2 aromatic heterocycles. The second-order valence-corrected chi connectivity index (χ2v) is 10.5. The van der Waals surface area contributed by atoms with E-state index in [0.29, 0.717) is 10.7 Å². The van der Waals surface area contributed by atoms with Crippen molar-refractivity contribution in [3.8, 4) is 0 Å². The van der Waals surface area contributed by atoms with Crippen LogP contribution in [0.3, 0.4) is 0 Å². The molecule has 2 atom stereocenters. The van der Waals surface area contributed by atoms with Gasteiger partial charge in [-0.15, -0.1) is 23.1 Å². The van der Waals surface area contributed by atoms with Gasteiger partial charge in [-0.25, -0.2) is 9.78 Å². The number of carbonyl (C=O) groups excluding carboxylic acids is 2. The number of pyridine rings is 1. The number of hydrogen-bond donors (Lipinski definition) is 3. The first-order valence-corrected chi connectivity index (χ1v) is 13.5. The number of nitrogens with one attached hydrogen (secondary N) is 1. The summed E-state index contributed by atoms with van der Waals surface area (Å²) >= 11 is 3.75. The van der Waals surface area contributed by atoms with Crippen LogP contribution < -0.4 is 11.1 Å². The van der Waals surface area contributed by atoms with Crippen molar-refractivity contribution in [2.24, 2.45) is 5.16 Å². The summed E-state index contributed by atoms with van der Waals surface area (Å²) in [5.74, 6) is -2.02. The Bertz CT molecular complexity index is 1270. The third-order valence-electron chi connectivity index (χ3n) is 5.09. The van der Waals surface area contributed by atoms with Crippen LogP contribution in [0.5, 0.6) is 0 Å². The van der Waals surface area contributed by atoms with Crippen LogP contribution in [0.1, 0.15) is 23.9 Å². The highest BCUT2D eigenvalue weighted by atomic mass is 32.2. The normalized spacial score (nSPS) is 19.8. The summed E-state index contributed by atoms with van der Waals surface area (Å²) in [5.41, 5.74) is 7.47. The maximum atomic E-state index is 13.0. The molecule has 0 bridgehead atoms. The van der Waals surface area contributed by atoms with Crippen LogP contribution in [0, 0.1) is 6.92 Å². The van der Waals surface area contributed by atoms with Gasteiger partial charge in [0.05, 0.1) is 0 Å². The Hall–Kier alpha value is -3.36. The average molecular weight is 547 g/mol. The fourth-order valence-corrected chi connectivity index (χ4v) is 6.30. The van der Waals surface area contributed by atoms with Gasteiger partial charge in [0.1, 0.15) is 29.4 Å². The summed E-state index contributed by atoms with van der Waals surface area (Å²) in [6.45, 7) is 3.83. The number of aliphatic carboxylic acids is 1. The molecule has 0 saturated carbocycles. The fraction of sp³-hybridized carbons (Fsp3) is 0.273. The number of thiazole rings is 1. The van der Waals surface area contributed by atoms with Gasteiger partial charge in [-0.1, -0.05) is 23.0 Å². The van der Waals surface area contributed by atoms with E-state index in [0.717, 1.165) is 22.6 Å². The zero-order valence-corrected chi connectivity index (χ0v) is 21.7. The van der Waals surface area contributed by atoms with Crippen LogP contribution in [-0.4, -0.2) is 67.2 Å². The maximum absolute atomic E-state index is 13.0. The van der Waals surface area contributed by atoms with Crippen LogP contribution in [0.2, 0.25) is 0 Å². The SMILES string of the molecule is CCON=C(C(=O)NC1C(=O)N2C(C(=O)O)=C(SC=Cc3ccc(C)nc3)CS[C@@H]12)c1csc(N)n1. The predicted molar refractivity (Wildman–Crippen MR) is 140 cm³/mol. The van der Waals surface area contributed by atoms with E-state index in [1.807, 2.05) is 25.1 Å². The lowest BCUT2D eigenvalue weighted by atomic mass is 10.0. The van der Waals surface area contributed by atoms with E-state index in [9.17, 15) is 19.5 Å². The van der Waals surface area contributed by atoms with Crippen LogP contribution in [-0.2, 0) is 19.2 Å². The molecule has 4 heterocycles. The van der Waals surface area contributed by atoms with E-state index in [4.69, 9.17) is 10.6 Å². The number of aromatic nitrogens is 2. The Morgan fingerprint density at radius 3 is 2.89 bits per heavy atom. The highest BCUT2D eigenvalue weighted by Crippen LogP contribution is 2.43. The van der Waals surface area contributed by atoms with Gasteiger partial charge in [0.2, 0.25) is 0 Å². The number of rotatable bonds is 9. The second kappa shape index (κ2) is 11.1. The van der Waals surface area contributed by atoms with Crippen LogP contribution in [0.15, 0.2) is 44.9 Å². The summed E-state index contributed by atoms with van der Waals surface area (Å²) in [4.78, 5) is 53.0. The number of nitrogens with zero attached hydrogens (tertiary/aromatic N) is 4. The number of thioether (sulfide) groups is 2. The van der Waals surface area contributed by atoms with Crippen molar-refractivity contribution in [2.75, 3.05) is 18.1 Å². The molecule has 0 aliphatic carbocycles. The van der Waals surface area contributed by atoms with E-state index in [1.54, 1.807) is 23.9 Å². The summed E-state index contributed by atoms with van der Waals surface area (Å²) in [7, 11) is 0. The Labute approximate surface area is 218 Å². The Morgan fingerprint density at radius 2 is 2.25 bits per heavy atom. The first-order chi connectivity index (χ1) is 17.3. The molecule has 0 spiro atoms. The molecule has 2 aliphatic rings. The minimum Gasteiger partial charge on any atom is -0.477 e. The van der Waals surface area contributed by atoms with E-state index in [-0.39, 0.29) is 28.8 Å². The molecule has 2 aromatic rings. The Balaban J connectivity index is 1.48. The number of carbonyl (C=O) groups is 3. The fourth-order valence-electron chi connectivity index (χ4n) is 3.39. The molecule has 0 aromatic carbocycles. The summed E-state index contributed by atoms with van der Waals surface area (Å²) in [6.07, 6.45) is 3.55. The van der Waals surface area contributed by atoms with Crippen molar-refractivity contribution < 1.29 is 24.3 Å². The van der Waals surface area contributed by atoms with Gasteiger partial charge in [0.25, 0.3) is 11.8 Å². The number of anilines is 1. The number of nitrogen functional groups attached to an aromatic ring is 1. The monoisotopic (exact) mass is 546 g/mol. The number of fused-ring (bicyclic) bond motifs is 1. The number of nitrogens with two attached hydrogens (primary N) is 1. The zero-order valence-electron chi connectivity index (χ0n) is 19.2. The maximum Gasteiger partial charge on any atom is 0.353 e. The third-order valence-corrected chi connectivity index (χ3v) is 8.12. The summed E-state index contributed by atoms with van der Waals surface area (Å²) in [6, 6.07) is 2.88. The molecular weight excluding hydrogens is 524 g/mol. The Kier molecular flexibility index (Phi) is 7.96. The van der Waals surface area contributed by atoms with Gasteiger partial charge in [-0.2, -0.15) is 0 Å². The number of hydrogen-bond acceptors (Lipinski definition) is 11. The van der Waals surface area contributed by atoms with Crippen molar-refractivity contribution in [3.05, 3.63) is 56.7 Å². The van der Waals surface area contributed by atoms with Gasteiger partial charge in [-0.3, -0.25) is 19.5 Å². The van der Waals surface area contributed by atoms with Crippen molar-refractivity contribution >= 4 is 69.6 Å². The molecule has 4 N–H and O–H groups in total. The molecule has 188 valence electrons. The van der Waals surface area contributed by atoms with Crippen molar-refractivity contribution in [2.45, 2.75) is 25.3 Å². The minimum absolute atomic E-state index is 0.0820. The zero-order chi connectivity index (χ0) is 25.8. The average Bonchev–Trinajstić information content (AvgIpc) is 3.29. The standard InChI is InChI=1S/C22H22N6O5S3/c1-3-33-27-15(13-9-36-22(23)25-13)18(29)26-16-19(30)28-17(21(31)32)14(10-35-20(16)28)34-7-6-12-5-4-11(2)24-8-12/h4-9,16,20H,3,10H2,1-2H3,(H2,23,25)(H,26,29)(H,31,32)/t16?,20-/m0/s1. The first kappa shape index (κ1) is 25.7. The molecule has 1 saturated heterocycles. The van der Waals surface area contributed by atoms with E-state index in [1.165, 1.54) is 28.4 Å².